The van der Waals surface area contributed by atoms with E-state index in [4.69, 9.17) is 15.7 Å². The van der Waals surface area contributed by atoms with Crippen molar-refractivity contribution < 1.29 is 9.94 Å². The summed E-state index contributed by atoms with van der Waals surface area (Å²) in [5.41, 5.74) is 7.73. The second-order valence-corrected chi connectivity index (χ2v) is 4.43. The van der Waals surface area contributed by atoms with Gasteiger partial charge in [0.2, 0.25) is 0 Å². The molecule has 0 aromatic heterocycles. The van der Waals surface area contributed by atoms with Crippen molar-refractivity contribution in [2.75, 3.05) is 6.61 Å². The monoisotopic (exact) mass is 270 g/mol. The molecule has 0 aliphatic rings. The Labute approximate surface area is 118 Å². The van der Waals surface area contributed by atoms with Crippen LogP contribution < -0.4 is 10.5 Å². The van der Waals surface area contributed by atoms with Crippen LogP contribution in [0.3, 0.4) is 0 Å². The molecule has 0 unspecified atom stereocenters. The van der Waals surface area contributed by atoms with Crippen LogP contribution in [0.15, 0.2) is 59.8 Å². The van der Waals surface area contributed by atoms with Gasteiger partial charge in [-0.25, -0.2) is 0 Å². The van der Waals surface area contributed by atoms with Gasteiger partial charge in [0.1, 0.15) is 11.6 Å². The van der Waals surface area contributed by atoms with E-state index in [1.54, 1.807) is 0 Å². The van der Waals surface area contributed by atoms with Crippen LogP contribution in [0.5, 0.6) is 5.75 Å². The summed E-state index contributed by atoms with van der Waals surface area (Å²) in [6.07, 6.45) is 1.24. The van der Waals surface area contributed by atoms with Gasteiger partial charge in [0.05, 0.1) is 6.61 Å². The lowest BCUT2D eigenvalue weighted by Gasteiger charge is -2.07. The van der Waals surface area contributed by atoms with E-state index in [9.17, 15) is 0 Å². The standard InChI is InChI=1S/C16H18N2O2/c17-16(18-19)7-4-12-20-15-10-8-14(9-11-15)13-5-2-1-3-6-13/h1-3,5-6,8-11,19H,4,7,12H2,(H2,17,18). The number of benzene rings is 2. The zero-order valence-electron chi connectivity index (χ0n) is 11.2. The third-order valence-electron chi connectivity index (χ3n) is 2.94. The van der Waals surface area contributed by atoms with Gasteiger partial charge in [-0.3, -0.25) is 0 Å². The molecular formula is C16H18N2O2. The first-order valence-corrected chi connectivity index (χ1v) is 6.54. The minimum Gasteiger partial charge on any atom is -0.494 e. The van der Waals surface area contributed by atoms with E-state index in [0.29, 0.717) is 13.0 Å². The molecule has 0 spiro atoms. The molecule has 4 nitrogen and oxygen atoms in total. The topological polar surface area (TPSA) is 67.8 Å². The fourth-order valence-electron chi connectivity index (χ4n) is 1.87. The maximum Gasteiger partial charge on any atom is 0.139 e. The van der Waals surface area contributed by atoms with Gasteiger partial charge < -0.3 is 15.7 Å². The molecule has 0 radical (unpaired) electrons. The molecule has 0 aliphatic carbocycles. The zero-order valence-corrected chi connectivity index (χ0v) is 11.2. The van der Waals surface area contributed by atoms with E-state index in [1.807, 2.05) is 42.5 Å². The van der Waals surface area contributed by atoms with Gasteiger partial charge in [-0.1, -0.05) is 47.6 Å². The van der Waals surface area contributed by atoms with Crippen molar-refractivity contribution in [1.29, 1.82) is 0 Å². The first-order chi connectivity index (χ1) is 9.79. The molecule has 0 amide bonds. The molecule has 104 valence electrons. The lowest BCUT2D eigenvalue weighted by molar-refractivity contribution is 0.305. The van der Waals surface area contributed by atoms with Gasteiger partial charge in [0.25, 0.3) is 0 Å². The van der Waals surface area contributed by atoms with Gasteiger partial charge in [-0.15, -0.1) is 0 Å². The lowest BCUT2D eigenvalue weighted by Crippen LogP contribution is -2.12. The van der Waals surface area contributed by atoms with Gasteiger partial charge in [0, 0.05) is 6.42 Å². The van der Waals surface area contributed by atoms with Crippen LogP contribution in [0.1, 0.15) is 12.8 Å². The molecule has 0 saturated heterocycles. The van der Waals surface area contributed by atoms with Gasteiger partial charge >= 0.3 is 0 Å². The first-order valence-electron chi connectivity index (χ1n) is 6.54. The average molecular weight is 270 g/mol. The molecular weight excluding hydrogens is 252 g/mol. The predicted molar refractivity (Wildman–Crippen MR) is 80.0 cm³/mol. The van der Waals surface area contributed by atoms with Crippen molar-refractivity contribution in [3.63, 3.8) is 0 Å². The third-order valence-corrected chi connectivity index (χ3v) is 2.94. The Bertz CT molecular complexity index is 550. The molecule has 0 atom stereocenters. The maximum absolute atomic E-state index is 8.41. The van der Waals surface area contributed by atoms with Crippen LogP contribution in [-0.4, -0.2) is 17.6 Å². The molecule has 0 fully saturated rings. The van der Waals surface area contributed by atoms with Crippen molar-refractivity contribution in [1.82, 2.24) is 0 Å². The number of amidine groups is 1. The molecule has 0 aliphatic heterocycles. The minimum atomic E-state index is 0.230. The number of nitrogens with zero attached hydrogens (tertiary/aromatic N) is 1. The summed E-state index contributed by atoms with van der Waals surface area (Å²) >= 11 is 0. The Morgan fingerprint density at radius 2 is 1.65 bits per heavy atom. The highest BCUT2D eigenvalue weighted by Crippen LogP contribution is 2.22. The Balaban J connectivity index is 1.86. The number of hydrogen-bond donors (Lipinski definition) is 2. The highest BCUT2D eigenvalue weighted by Gasteiger charge is 1.99. The van der Waals surface area contributed by atoms with E-state index in [1.165, 1.54) is 5.56 Å². The van der Waals surface area contributed by atoms with Gasteiger partial charge in [-0.2, -0.15) is 0 Å². The number of hydrogen-bond acceptors (Lipinski definition) is 3. The lowest BCUT2D eigenvalue weighted by atomic mass is 10.1. The Morgan fingerprint density at radius 3 is 2.30 bits per heavy atom. The highest BCUT2D eigenvalue weighted by molar-refractivity contribution is 5.79. The predicted octanol–water partition coefficient (Wildman–Crippen LogP) is 3.26. The normalized spacial score (nSPS) is 11.3. The fraction of sp³-hybridized carbons (Fsp3) is 0.188. The Hall–Kier alpha value is -2.49. The Kier molecular flexibility index (Phi) is 5.00. The quantitative estimate of drug-likeness (QED) is 0.278. The van der Waals surface area contributed by atoms with Crippen LogP contribution in [-0.2, 0) is 0 Å². The van der Waals surface area contributed by atoms with Gasteiger partial charge in [-0.05, 0) is 29.7 Å². The van der Waals surface area contributed by atoms with Crippen molar-refractivity contribution in [2.45, 2.75) is 12.8 Å². The number of ether oxygens (including phenoxy) is 1. The maximum atomic E-state index is 8.41. The summed E-state index contributed by atoms with van der Waals surface area (Å²) in [6, 6.07) is 18.2. The SMILES string of the molecule is N/C(CCCOc1ccc(-c2ccccc2)cc1)=N\O. The van der Waals surface area contributed by atoms with Crippen LogP contribution in [0.4, 0.5) is 0 Å². The smallest absolute Gasteiger partial charge is 0.139 e. The molecule has 2 rings (SSSR count). The number of oxime groups is 1. The van der Waals surface area contributed by atoms with Crippen molar-refractivity contribution in [3.05, 3.63) is 54.6 Å². The molecule has 4 heteroatoms. The molecule has 0 bridgehead atoms. The highest BCUT2D eigenvalue weighted by atomic mass is 16.5. The van der Waals surface area contributed by atoms with Crippen LogP contribution >= 0.6 is 0 Å². The van der Waals surface area contributed by atoms with Crippen molar-refractivity contribution >= 4 is 5.84 Å². The molecule has 20 heavy (non-hydrogen) atoms. The summed E-state index contributed by atoms with van der Waals surface area (Å²) in [6.45, 7) is 0.543. The minimum absolute atomic E-state index is 0.230. The molecule has 3 N–H and O–H groups in total. The van der Waals surface area contributed by atoms with Crippen LogP contribution in [0.2, 0.25) is 0 Å². The van der Waals surface area contributed by atoms with Crippen LogP contribution in [0, 0.1) is 0 Å². The van der Waals surface area contributed by atoms with Gasteiger partial charge in [0.15, 0.2) is 0 Å². The van der Waals surface area contributed by atoms with E-state index < -0.39 is 0 Å². The van der Waals surface area contributed by atoms with E-state index in [0.717, 1.165) is 17.7 Å². The van der Waals surface area contributed by atoms with E-state index >= 15 is 0 Å². The zero-order chi connectivity index (χ0) is 14.2. The first kappa shape index (κ1) is 13.9. The summed E-state index contributed by atoms with van der Waals surface area (Å²) in [5, 5.41) is 11.3. The fourth-order valence-corrected chi connectivity index (χ4v) is 1.87. The van der Waals surface area contributed by atoms with Crippen molar-refractivity contribution in [3.8, 4) is 16.9 Å². The van der Waals surface area contributed by atoms with Crippen LogP contribution in [0.25, 0.3) is 11.1 Å². The largest absolute Gasteiger partial charge is 0.494 e. The number of rotatable bonds is 6. The Morgan fingerprint density at radius 1 is 1.00 bits per heavy atom. The van der Waals surface area contributed by atoms with E-state index in [-0.39, 0.29) is 5.84 Å². The molecule has 2 aromatic rings. The summed E-state index contributed by atoms with van der Waals surface area (Å²) < 4.78 is 5.60. The molecule has 0 saturated carbocycles. The molecule has 0 heterocycles. The molecule has 2 aromatic carbocycles. The number of nitrogens with two attached hydrogens (primary N) is 1. The van der Waals surface area contributed by atoms with E-state index in [2.05, 4.69) is 17.3 Å². The summed E-state index contributed by atoms with van der Waals surface area (Å²) in [5.74, 6) is 1.05. The second-order valence-electron chi connectivity index (χ2n) is 4.43. The second kappa shape index (κ2) is 7.19. The summed E-state index contributed by atoms with van der Waals surface area (Å²) in [4.78, 5) is 0. The summed E-state index contributed by atoms with van der Waals surface area (Å²) in [7, 11) is 0. The van der Waals surface area contributed by atoms with Crippen molar-refractivity contribution in [2.24, 2.45) is 10.9 Å². The third kappa shape index (κ3) is 4.02. The average Bonchev–Trinajstić information content (AvgIpc) is 2.52.